The van der Waals surface area contributed by atoms with E-state index in [0.29, 0.717) is 5.56 Å². The molecule has 4 nitrogen and oxygen atoms in total. The number of hydrogen-bond acceptors (Lipinski definition) is 3. The minimum absolute atomic E-state index is 0.100. The zero-order valence-corrected chi connectivity index (χ0v) is 10.0. The molecule has 14 heavy (non-hydrogen) atoms. The van der Waals surface area contributed by atoms with Crippen LogP contribution in [0.4, 0.5) is 5.69 Å². The molecule has 0 saturated carbocycles. The van der Waals surface area contributed by atoms with Crippen molar-refractivity contribution in [3.05, 3.63) is 38.3 Å². The molecule has 0 unspecified atom stereocenters. The van der Waals surface area contributed by atoms with Crippen LogP contribution in [0.1, 0.15) is 10.4 Å². The molecule has 0 radical (unpaired) electrons. The van der Waals surface area contributed by atoms with E-state index in [1.807, 2.05) is 0 Å². The van der Waals surface area contributed by atoms with E-state index in [2.05, 4.69) is 31.9 Å². The highest BCUT2D eigenvalue weighted by molar-refractivity contribution is 9.10. The fourth-order valence-electron chi connectivity index (χ4n) is 0.948. The maximum Gasteiger partial charge on any atom is 0.284 e. The third kappa shape index (κ3) is 2.19. The average molecular weight is 323 g/mol. The molecule has 74 valence electrons. The molecule has 1 aromatic rings. The van der Waals surface area contributed by atoms with Crippen molar-refractivity contribution in [3.8, 4) is 0 Å². The van der Waals surface area contributed by atoms with Crippen LogP contribution in [0.5, 0.6) is 0 Å². The number of benzene rings is 1. The summed E-state index contributed by atoms with van der Waals surface area (Å²) in [6.07, 6.45) is 0. The molecule has 0 aliphatic carbocycles. The highest BCUT2D eigenvalue weighted by atomic mass is 79.9. The van der Waals surface area contributed by atoms with Gasteiger partial charge in [0.1, 0.15) is 4.47 Å². The van der Waals surface area contributed by atoms with Crippen LogP contribution in [-0.2, 0) is 0 Å². The molecule has 0 aliphatic heterocycles. The van der Waals surface area contributed by atoms with Gasteiger partial charge in [0.05, 0.1) is 10.3 Å². The van der Waals surface area contributed by atoms with Gasteiger partial charge in [0.2, 0.25) is 0 Å². The first kappa shape index (κ1) is 11.3. The summed E-state index contributed by atoms with van der Waals surface area (Å²) >= 11 is 6.05. The van der Waals surface area contributed by atoms with Gasteiger partial charge in [0, 0.05) is 11.6 Å². The highest BCUT2D eigenvalue weighted by Crippen LogP contribution is 2.28. The molecule has 6 heteroatoms. The predicted octanol–water partition coefficient (Wildman–Crippen LogP) is 2.93. The summed E-state index contributed by atoms with van der Waals surface area (Å²) in [6.45, 7) is 0. The van der Waals surface area contributed by atoms with Gasteiger partial charge in [0.25, 0.3) is 5.69 Å². The number of ketones is 1. The van der Waals surface area contributed by atoms with E-state index in [0.717, 1.165) is 0 Å². The Morgan fingerprint density at radius 2 is 2.14 bits per heavy atom. The number of rotatable bonds is 3. The molecule has 0 spiro atoms. The molecule has 0 N–H and O–H groups in total. The van der Waals surface area contributed by atoms with Crippen molar-refractivity contribution in [3.63, 3.8) is 0 Å². The molecular formula is C8H5Br2NO3. The number of nitrogens with zero attached hydrogens (tertiary/aromatic N) is 1. The number of carbonyl (C=O) groups is 1. The van der Waals surface area contributed by atoms with Crippen molar-refractivity contribution in [1.82, 2.24) is 0 Å². The lowest BCUT2D eigenvalue weighted by atomic mass is 10.1. The monoisotopic (exact) mass is 321 g/mol. The van der Waals surface area contributed by atoms with Crippen molar-refractivity contribution < 1.29 is 9.72 Å². The van der Waals surface area contributed by atoms with Crippen LogP contribution < -0.4 is 0 Å². The second kappa shape index (κ2) is 4.65. The summed E-state index contributed by atoms with van der Waals surface area (Å²) < 4.78 is 0.231. The first-order valence-electron chi connectivity index (χ1n) is 3.60. The van der Waals surface area contributed by atoms with Gasteiger partial charge in [-0.3, -0.25) is 14.9 Å². The van der Waals surface area contributed by atoms with Gasteiger partial charge in [-0.15, -0.1) is 0 Å². The number of alkyl halides is 1. The second-order valence-electron chi connectivity index (χ2n) is 2.45. The molecule has 0 atom stereocenters. The van der Waals surface area contributed by atoms with Crippen molar-refractivity contribution in [1.29, 1.82) is 0 Å². The second-order valence-corrected chi connectivity index (χ2v) is 3.81. The lowest BCUT2D eigenvalue weighted by Gasteiger charge is -2.01. The molecule has 0 amide bonds. The standard InChI is InChI=1S/C8H5Br2NO3/c9-4-7(12)5-2-1-3-6(8(5)10)11(13)14/h1-3H,4H2. The highest BCUT2D eigenvalue weighted by Gasteiger charge is 2.18. The minimum atomic E-state index is -0.533. The number of nitro groups is 1. The summed E-state index contributed by atoms with van der Waals surface area (Å²) in [5, 5.41) is 10.7. The molecule has 0 heterocycles. The topological polar surface area (TPSA) is 60.2 Å². The summed E-state index contributed by atoms with van der Waals surface area (Å²) in [5.41, 5.74) is 0.216. The Bertz CT molecular complexity index is 392. The van der Waals surface area contributed by atoms with E-state index in [1.165, 1.54) is 12.1 Å². The Morgan fingerprint density at radius 3 is 2.64 bits per heavy atom. The molecular weight excluding hydrogens is 318 g/mol. The maximum absolute atomic E-state index is 11.3. The SMILES string of the molecule is O=C(CBr)c1cccc([N+](=O)[O-])c1Br. The van der Waals surface area contributed by atoms with Crippen LogP contribution in [0.3, 0.4) is 0 Å². The zero-order chi connectivity index (χ0) is 10.7. The number of nitro benzene ring substituents is 1. The van der Waals surface area contributed by atoms with E-state index in [9.17, 15) is 14.9 Å². The van der Waals surface area contributed by atoms with Crippen LogP contribution in [0.2, 0.25) is 0 Å². The first-order valence-corrected chi connectivity index (χ1v) is 5.51. The molecule has 1 aromatic carbocycles. The van der Waals surface area contributed by atoms with Gasteiger partial charge >= 0.3 is 0 Å². The third-order valence-electron chi connectivity index (χ3n) is 1.60. The van der Waals surface area contributed by atoms with Crippen LogP contribution in [0.25, 0.3) is 0 Å². The normalized spacial score (nSPS) is 9.86. The Labute approximate surface area is 96.7 Å². The van der Waals surface area contributed by atoms with Gasteiger partial charge in [-0.25, -0.2) is 0 Å². The van der Waals surface area contributed by atoms with Crippen molar-refractivity contribution in [2.75, 3.05) is 5.33 Å². The fourth-order valence-corrected chi connectivity index (χ4v) is 1.88. The fraction of sp³-hybridized carbons (Fsp3) is 0.125. The maximum atomic E-state index is 11.3. The lowest BCUT2D eigenvalue weighted by Crippen LogP contribution is -2.02. The van der Waals surface area contributed by atoms with Gasteiger partial charge in [-0.1, -0.05) is 22.0 Å². The Morgan fingerprint density at radius 1 is 1.50 bits per heavy atom. The summed E-state index contributed by atoms with van der Waals surface area (Å²) in [4.78, 5) is 21.3. The Hall–Kier alpha value is -0.750. The van der Waals surface area contributed by atoms with Gasteiger partial charge in [-0.2, -0.15) is 0 Å². The first-order chi connectivity index (χ1) is 6.57. The van der Waals surface area contributed by atoms with Crippen molar-refractivity contribution in [2.24, 2.45) is 0 Å². The lowest BCUT2D eigenvalue weighted by molar-refractivity contribution is -0.385. The van der Waals surface area contributed by atoms with E-state index in [4.69, 9.17) is 0 Å². The minimum Gasteiger partial charge on any atom is -0.293 e. The van der Waals surface area contributed by atoms with Crippen LogP contribution in [-0.4, -0.2) is 16.0 Å². The van der Waals surface area contributed by atoms with E-state index < -0.39 is 4.92 Å². The van der Waals surface area contributed by atoms with Gasteiger partial charge in [-0.05, 0) is 22.0 Å². The van der Waals surface area contributed by atoms with Crippen LogP contribution in [0, 0.1) is 10.1 Å². The predicted molar refractivity (Wildman–Crippen MR) is 58.9 cm³/mol. The molecule has 0 fully saturated rings. The molecule has 1 rings (SSSR count). The van der Waals surface area contributed by atoms with Crippen LogP contribution in [0.15, 0.2) is 22.7 Å². The van der Waals surface area contributed by atoms with E-state index >= 15 is 0 Å². The largest absolute Gasteiger partial charge is 0.293 e. The number of halogens is 2. The quantitative estimate of drug-likeness (QED) is 0.372. The molecule has 0 aromatic heterocycles. The van der Waals surface area contributed by atoms with E-state index in [-0.39, 0.29) is 21.3 Å². The molecule has 0 saturated heterocycles. The number of Topliss-reactive ketones (excluding diaryl/α,β-unsaturated/α-hetero) is 1. The summed E-state index contributed by atoms with van der Waals surface area (Å²) in [5.74, 6) is -0.194. The summed E-state index contributed by atoms with van der Waals surface area (Å²) in [6, 6.07) is 4.37. The Kier molecular flexibility index (Phi) is 3.77. The van der Waals surface area contributed by atoms with Crippen molar-refractivity contribution >= 4 is 43.3 Å². The Balaban J connectivity index is 3.27. The van der Waals surface area contributed by atoms with Crippen LogP contribution >= 0.6 is 31.9 Å². The van der Waals surface area contributed by atoms with Crippen molar-refractivity contribution in [2.45, 2.75) is 0 Å². The molecule has 0 aliphatic rings. The zero-order valence-electron chi connectivity index (χ0n) is 6.87. The van der Waals surface area contributed by atoms with Gasteiger partial charge < -0.3 is 0 Å². The smallest absolute Gasteiger partial charge is 0.284 e. The summed E-state index contributed by atoms with van der Waals surface area (Å²) in [7, 11) is 0. The third-order valence-corrected chi connectivity index (χ3v) is 2.94. The van der Waals surface area contributed by atoms with E-state index in [1.54, 1.807) is 6.07 Å². The van der Waals surface area contributed by atoms with Gasteiger partial charge in [0.15, 0.2) is 5.78 Å². The number of carbonyl (C=O) groups excluding carboxylic acids is 1. The number of hydrogen-bond donors (Lipinski definition) is 0. The average Bonchev–Trinajstić information content (AvgIpc) is 2.16. The molecule has 0 bridgehead atoms.